The van der Waals surface area contributed by atoms with Crippen molar-refractivity contribution in [3.05, 3.63) is 59.4 Å². The standard InChI is InChI=1S/C16H16ClN7S/c1-10-6-14(22-21-10)20-16-9-23(8-15-19-4-5-24(15)16)25-13-3-2-11(17)7-12(13)18/h2-7,9H,8,18H2,1H3,(H2,20,21,22). The number of hydrogen-bond acceptors (Lipinski definition) is 6. The highest BCUT2D eigenvalue weighted by molar-refractivity contribution is 7.97. The van der Waals surface area contributed by atoms with E-state index >= 15 is 0 Å². The SMILES string of the molecule is Cc1cc(NC2=CN(Sc3ccc(Cl)cc3N)Cc3nccn32)n[nH]1. The molecule has 1 aliphatic rings. The van der Waals surface area contributed by atoms with Crippen LogP contribution in [-0.4, -0.2) is 24.1 Å². The molecule has 4 rings (SSSR count). The van der Waals surface area contributed by atoms with Gasteiger partial charge in [0.15, 0.2) is 5.82 Å². The first-order valence-corrected chi connectivity index (χ1v) is 8.77. The molecule has 0 atom stereocenters. The van der Waals surface area contributed by atoms with E-state index in [1.54, 1.807) is 12.3 Å². The summed E-state index contributed by atoms with van der Waals surface area (Å²) in [6, 6.07) is 7.45. The molecular weight excluding hydrogens is 358 g/mol. The maximum absolute atomic E-state index is 6.07. The zero-order valence-electron chi connectivity index (χ0n) is 13.4. The molecule has 7 nitrogen and oxygen atoms in total. The first kappa shape index (κ1) is 15.9. The third-order valence-electron chi connectivity index (χ3n) is 3.69. The molecule has 1 aliphatic heterocycles. The van der Waals surface area contributed by atoms with Crippen molar-refractivity contribution >= 4 is 40.9 Å². The molecule has 1 aromatic carbocycles. The number of H-pyrrole nitrogens is 1. The van der Waals surface area contributed by atoms with Gasteiger partial charge in [-0.1, -0.05) is 11.6 Å². The van der Waals surface area contributed by atoms with Gasteiger partial charge in [0.1, 0.15) is 11.6 Å². The summed E-state index contributed by atoms with van der Waals surface area (Å²) in [6.07, 6.45) is 5.72. The number of nitrogens with zero attached hydrogens (tertiary/aromatic N) is 4. The highest BCUT2D eigenvalue weighted by Crippen LogP contribution is 2.34. The molecule has 0 unspecified atom stereocenters. The molecule has 128 valence electrons. The molecule has 9 heteroatoms. The van der Waals surface area contributed by atoms with E-state index in [2.05, 4.69) is 24.8 Å². The van der Waals surface area contributed by atoms with E-state index < -0.39 is 0 Å². The molecule has 25 heavy (non-hydrogen) atoms. The molecule has 0 saturated carbocycles. The first-order valence-electron chi connectivity index (χ1n) is 7.61. The number of imidazole rings is 1. The summed E-state index contributed by atoms with van der Waals surface area (Å²) in [6.45, 7) is 2.62. The van der Waals surface area contributed by atoms with E-state index in [9.17, 15) is 0 Å². The van der Waals surface area contributed by atoms with Crippen LogP contribution in [0.1, 0.15) is 11.5 Å². The lowest BCUT2D eigenvalue weighted by Crippen LogP contribution is -2.23. The number of nitrogens with two attached hydrogens (primary N) is 1. The molecule has 0 saturated heterocycles. The zero-order chi connectivity index (χ0) is 17.4. The summed E-state index contributed by atoms with van der Waals surface area (Å²) in [7, 11) is 0. The van der Waals surface area contributed by atoms with Gasteiger partial charge in [0.2, 0.25) is 0 Å². The van der Waals surface area contributed by atoms with Crippen LogP contribution in [0, 0.1) is 6.92 Å². The fourth-order valence-corrected chi connectivity index (χ4v) is 3.61. The summed E-state index contributed by atoms with van der Waals surface area (Å²) < 4.78 is 4.08. The Labute approximate surface area is 154 Å². The fourth-order valence-electron chi connectivity index (χ4n) is 2.55. The summed E-state index contributed by atoms with van der Waals surface area (Å²) in [5, 5.41) is 11.1. The predicted molar refractivity (Wildman–Crippen MR) is 101 cm³/mol. The quantitative estimate of drug-likeness (QED) is 0.479. The molecule has 0 radical (unpaired) electrons. The minimum absolute atomic E-state index is 0.628. The second-order valence-corrected chi connectivity index (χ2v) is 7.17. The third-order valence-corrected chi connectivity index (χ3v) is 4.96. The Kier molecular flexibility index (Phi) is 4.06. The number of halogens is 1. The van der Waals surface area contributed by atoms with Crippen LogP contribution in [-0.2, 0) is 6.54 Å². The number of anilines is 2. The average molecular weight is 374 g/mol. The molecule has 2 aromatic heterocycles. The summed E-state index contributed by atoms with van der Waals surface area (Å²) >= 11 is 7.52. The topological polar surface area (TPSA) is 87.8 Å². The van der Waals surface area contributed by atoms with Gasteiger partial charge in [-0.3, -0.25) is 9.67 Å². The van der Waals surface area contributed by atoms with E-state index in [1.807, 2.05) is 42.1 Å². The number of fused-ring (bicyclic) bond motifs is 1. The highest BCUT2D eigenvalue weighted by atomic mass is 35.5. The Morgan fingerprint density at radius 2 is 2.24 bits per heavy atom. The number of nitrogens with one attached hydrogen (secondary N) is 2. The fraction of sp³-hybridized carbons (Fsp3) is 0.125. The first-order chi connectivity index (χ1) is 12.1. The summed E-state index contributed by atoms with van der Waals surface area (Å²) in [4.78, 5) is 5.37. The van der Waals surface area contributed by atoms with Crippen LogP contribution in [0.2, 0.25) is 5.02 Å². The predicted octanol–water partition coefficient (Wildman–Crippen LogP) is 3.54. The van der Waals surface area contributed by atoms with Crippen molar-refractivity contribution in [3.8, 4) is 0 Å². The van der Waals surface area contributed by atoms with Crippen molar-refractivity contribution in [2.24, 2.45) is 0 Å². The number of hydrogen-bond donors (Lipinski definition) is 3. The number of aromatic nitrogens is 4. The van der Waals surface area contributed by atoms with Crippen LogP contribution in [0.15, 0.2) is 47.8 Å². The van der Waals surface area contributed by atoms with Gasteiger partial charge in [-0.2, -0.15) is 5.10 Å². The summed E-state index contributed by atoms with van der Waals surface area (Å²) in [5.74, 6) is 2.55. The number of aryl methyl sites for hydroxylation is 1. The number of rotatable bonds is 4. The number of benzene rings is 1. The van der Waals surface area contributed by atoms with Gasteiger partial charge in [0, 0.05) is 34.9 Å². The van der Waals surface area contributed by atoms with E-state index in [0.29, 0.717) is 17.3 Å². The van der Waals surface area contributed by atoms with Crippen molar-refractivity contribution in [1.29, 1.82) is 0 Å². The lowest BCUT2D eigenvalue weighted by atomic mass is 10.3. The van der Waals surface area contributed by atoms with Crippen molar-refractivity contribution in [3.63, 3.8) is 0 Å². The smallest absolute Gasteiger partial charge is 0.153 e. The third kappa shape index (κ3) is 3.31. The molecule has 0 spiro atoms. The molecule has 0 bridgehead atoms. The number of nitrogen functional groups attached to an aromatic ring is 1. The highest BCUT2D eigenvalue weighted by Gasteiger charge is 2.20. The maximum Gasteiger partial charge on any atom is 0.153 e. The van der Waals surface area contributed by atoms with Crippen molar-refractivity contribution < 1.29 is 0 Å². The molecule has 3 aromatic rings. The van der Waals surface area contributed by atoms with E-state index in [-0.39, 0.29) is 0 Å². The Balaban J connectivity index is 1.61. The molecule has 0 amide bonds. The van der Waals surface area contributed by atoms with E-state index in [4.69, 9.17) is 17.3 Å². The molecule has 4 N–H and O–H groups in total. The van der Waals surface area contributed by atoms with E-state index in [0.717, 1.165) is 28.1 Å². The largest absolute Gasteiger partial charge is 0.398 e. The molecule has 0 aliphatic carbocycles. The normalized spacial score (nSPS) is 13.5. The van der Waals surface area contributed by atoms with Gasteiger partial charge in [0.05, 0.1) is 17.6 Å². The van der Waals surface area contributed by atoms with Crippen molar-refractivity contribution in [2.45, 2.75) is 18.4 Å². The number of aromatic amines is 1. The minimum Gasteiger partial charge on any atom is -0.398 e. The zero-order valence-corrected chi connectivity index (χ0v) is 15.0. The Bertz CT molecular complexity index is 946. The lowest BCUT2D eigenvalue weighted by Gasteiger charge is -2.27. The van der Waals surface area contributed by atoms with Gasteiger partial charge in [0.25, 0.3) is 0 Å². The monoisotopic (exact) mass is 373 g/mol. The molecule has 0 fully saturated rings. The van der Waals surface area contributed by atoms with Gasteiger partial charge < -0.3 is 15.4 Å². The van der Waals surface area contributed by atoms with Crippen LogP contribution in [0.4, 0.5) is 11.5 Å². The van der Waals surface area contributed by atoms with Gasteiger partial charge in [-0.05, 0) is 37.1 Å². The van der Waals surface area contributed by atoms with Gasteiger partial charge >= 0.3 is 0 Å². The van der Waals surface area contributed by atoms with Crippen LogP contribution >= 0.6 is 23.5 Å². The maximum atomic E-state index is 6.07. The van der Waals surface area contributed by atoms with Crippen molar-refractivity contribution in [1.82, 2.24) is 24.1 Å². The van der Waals surface area contributed by atoms with Gasteiger partial charge in [-0.15, -0.1) is 0 Å². The summed E-state index contributed by atoms with van der Waals surface area (Å²) in [5.41, 5.74) is 7.71. The van der Waals surface area contributed by atoms with Crippen LogP contribution in [0.5, 0.6) is 0 Å². The Morgan fingerprint density at radius 3 is 3.00 bits per heavy atom. The Morgan fingerprint density at radius 1 is 1.36 bits per heavy atom. The molecule has 3 heterocycles. The second-order valence-electron chi connectivity index (χ2n) is 5.64. The second kappa shape index (κ2) is 6.38. The van der Waals surface area contributed by atoms with E-state index in [1.165, 1.54) is 11.9 Å². The lowest BCUT2D eigenvalue weighted by molar-refractivity contribution is 0.562. The van der Waals surface area contributed by atoms with Gasteiger partial charge in [-0.25, -0.2) is 4.98 Å². The van der Waals surface area contributed by atoms with Crippen molar-refractivity contribution in [2.75, 3.05) is 11.1 Å². The molecular formula is C16H16ClN7S. The van der Waals surface area contributed by atoms with Crippen LogP contribution in [0.3, 0.4) is 0 Å². The van der Waals surface area contributed by atoms with Crippen LogP contribution < -0.4 is 11.1 Å². The Hall–Kier alpha value is -2.58. The minimum atomic E-state index is 0.628. The van der Waals surface area contributed by atoms with Crippen LogP contribution in [0.25, 0.3) is 5.82 Å². The average Bonchev–Trinajstić information content (AvgIpc) is 3.19.